The van der Waals surface area contributed by atoms with Crippen molar-refractivity contribution in [3.8, 4) is 0 Å². The zero-order chi connectivity index (χ0) is 20.5. The van der Waals surface area contributed by atoms with Crippen molar-refractivity contribution < 1.29 is 13.6 Å². The molecule has 4 nitrogen and oxygen atoms in total. The fourth-order valence-electron chi connectivity index (χ4n) is 3.64. The number of carbonyl (C=O) groups is 1. The summed E-state index contributed by atoms with van der Waals surface area (Å²) in [6, 6.07) is 10.8. The van der Waals surface area contributed by atoms with E-state index >= 15 is 0 Å². The van der Waals surface area contributed by atoms with Gasteiger partial charge in [-0.1, -0.05) is 17.7 Å². The lowest BCUT2D eigenvalue weighted by molar-refractivity contribution is 0.0626. The summed E-state index contributed by atoms with van der Waals surface area (Å²) >= 11 is 6.12. The third-order valence-corrected chi connectivity index (χ3v) is 5.66. The molecule has 29 heavy (non-hydrogen) atoms. The number of carbonyl (C=O) groups excluding carboxylic acids is 1. The first-order chi connectivity index (χ1) is 13.9. The fourth-order valence-corrected chi connectivity index (χ4v) is 3.86. The van der Waals surface area contributed by atoms with Crippen LogP contribution in [0.5, 0.6) is 0 Å². The first-order valence-corrected chi connectivity index (χ1v) is 9.81. The number of amides is 1. The summed E-state index contributed by atoms with van der Waals surface area (Å²) in [5.74, 6) is -0.760. The van der Waals surface area contributed by atoms with Crippen LogP contribution in [-0.4, -0.2) is 46.9 Å². The second kappa shape index (κ2) is 8.05. The Hall–Kier alpha value is -2.57. The molecule has 0 spiro atoms. The van der Waals surface area contributed by atoms with Crippen molar-refractivity contribution in [3.63, 3.8) is 0 Å². The molecule has 1 aliphatic rings. The van der Waals surface area contributed by atoms with Gasteiger partial charge in [-0.05, 0) is 37.3 Å². The Bertz CT molecular complexity index is 1060. The van der Waals surface area contributed by atoms with E-state index in [-0.39, 0.29) is 17.5 Å². The Morgan fingerprint density at radius 1 is 1.10 bits per heavy atom. The van der Waals surface area contributed by atoms with Crippen LogP contribution in [0, 0.1) is 18.6 Å². The van der Waals surface area contributed by atoms with Gasteiger partial charge in [0.2, 0.25) is 0 Å². The normalized spacial score (nSPS) is 15.1. The molecule has 0 unspecified atom stereocenters. The van der Waals surface area contributed by atoms with Crippen molar-refractivity contribution >= 4 is 28.4 Å². The van der Waals surface area contributed by atoms with Crippen LogP contribution in [0.2, 0.25) is 5.02 Å². The largest absolute Gasteiger partial charge is 0.336 e. The van der Waals surface area contributed by atoms with Gasteiger partial charge in [0.1, 0.15) is 11.6 Å². The minimum Gasteiger partial charge on any atom is -0.336 e. The maximum Gasteiger partial charge on any atom is 0.255 e. The molecule has 2 heterocycles. The molecule has 0 N–H and O–H groups in total. The van der Waals surface area contributed by atoms with Gasteiger partial charge in [-0.25, -0.2) is 8.78 Å². The monoisotopic (exact) mass is 415 g/mol. The van der Waals surface area contributed by atoms with Crippen LogP contribution in [0.1, 0.15) is 21.6 Å². The molecule has 1 fully saturated rings. The minimum absolute atomic E-state index is 0.0928. The van der Waals surface area contributed by atoms with Crippen LogP contribution in [0.25, 0.3) is 10.9 Å². The molecule has 150 valence electrons. The predicted octanol–water partition coefficient (Wildman–Crippen LogP) is 4.43. The van der Waals surface area contributed by atoms with E-state index in [1.165, 1.54) is 18.2 Å². The molecule has 0 bridgehead atoms. The highest BCUT2D eigenvalue weighted by atomic mass is 35.5. The summed E-state index contributed by atoms with van der Waals surface area (Å²) < 4.78 is 27.4. The quantitative estimate of drug-likeness (QED) is 0.634. The van der Waals surface area contributed by atoms with Crippen LogP contribution in [0.4, 0.5) is 8.78 Å². The second-order valence-corrected chi connectivity index (χ2v) is 7.63. The molecule has 1 aliphatic heterocycles. The van der Waals surface area contributed by atoms with E-state index in [1.54, 1.807) is 36.1 Å². The standard InChI is InChI=1S/C22H20ClF2N3O/c1-14-17(11-15-5-6-16(24)12-21(15)26-14)22(29)28-9-7-27(8-10-28)13-18-19(23)3-2-4-20(18)25/h2-6,11-12H,7-10,13H2,1H3. The first kappa shape index (κ1) is 19.7. The molecule has 2 aromatic carbocycles. The molecule has 1 amide bonds. The molecule has 0 radical (unpaired) electrons. The lowest BCUT2D eigenvalue weighted by Crippen LogP contribution is -2.48. The maximum atomic E-state index is 14.0. The third kappa shape index (κ3) is 4.09. The zero-order valence-electron chi connectivity index (χ0n) is 16.0. The van der Waals surface area contributed by atoms with Gasteiger partial charge in [0, 0.05) is 54.8 Å². The van der Waals surface area contributed by atoms with E-state index in [9.17, 15) is 13.6 Å². The van der Waals surface area contributed by atoms with Crippen LogP contribution >= 0.6 is 11.6 Å². The van der Waals surface area contributed by atoms with Crippen molar-refractivity contribution in [1.82, 2.24) is 14.8 Å². The Morgan fingerprint density at radius 3 is 2.59 bits per heavy atom. The molecule has 4 rings (SSSR count). The lowest BCUT2D eigenvalue weighted by atomic mass is 10.1. The Kier molecular flexibility index (Phi) is 5.48. The molecular formula is C22H20ClF2N3O. The van der Waals surface area contributed by atoms with E-state index in [0.29, 0.717) is 60.1 Å². The maximum absolute atomic E-state index is 14.0. The van der Waals surface area contributed by atoms with Gasteiger partial charge >= 0.3 is 0 Å². The van der Waals surface area contributed by atoms with Gasteiger partial charge in [-0.3, -0.25) is 14.7 Å². The van der Waals surface area contributed by atoms with Gasteiger partial charge < -0.3 is 4.90 Å². The van der Waals surface area contributed by atoms with Gasteiger partial charge in [-0.15, -0.1) is 0 Å². The smallest absolute Gasteiger partial charge is 0.255 e. The molecule has 3 aromatic rings. The van der Waals surface area contributed by atoms with Crippen molar-refractivity contribution in [2.75, 3.05) is 26.2 Å². The number of hydrogen-bond acceptors (Lipinski definition) is 3. The van der Waals surface area contributed by atoms with Crippen LogP contribution in [-0.2, 0) is 6.54 Å². The Labute approximate surface area is 172 Å². The van der Waals surface area contributed by atoms with E-state index in [4.69, 9.17) is 11.6 Å². The molecular weight excluding hydrogens is 396 g/mol. The Balaban J connectivity index is 1.46. The van der Waals surface area contributed by atoms with E-state index in [1.807, 2.05) is 0 Å². The summed E-state index contributed by atoms with van der Waals surface area (Å²) in [5, 5.41) is 1.14. The molecule has 0 atom stereocenters. The summed E-state index contributed by atoms with van der Waals surface area (Å²) in [5.41, 5.74) is 2.12. The zero-order valence-corrected chi connectivity index (χ0v) is 16.7. The highest BCUT2D eigenvalue weighted by Gasteiger charge is 2.25. The van der Waals surface area contributed by atoms with Crippen LogP contribution in [0.3, 0.4) is 0 Å². The van der Waals surface area contributed by atoms with E-state index in [2.05, 4.69) is 9.88 Å². The first-order valence-electron chi connectivity index (χ1n) is 9.44. The highest BCUT2D eigenvalue weighted by Crippen LogP contribution is 2.23. The second-order valence-electron chi connectivity index (χ2n) is 7.23. The topological polar surface area (TPSA) is 36.4 Å². The SMILES string of the molecule is Cc1nc2cc(F)ccc2cc1C(=O)N1CCN(Cc2c(F)cccc2Cl)CC1. The van der Waals surface area contributed by atoms with E-state index < -0.39 is 0 Å². The van der Waals surface area contributed by atoms with Gasteiger partial charge in [0.25, 0.3) is 5.91 Å². The number of aryl methyl sites for hydroxylation is 1. The number of aromatic nitrogens is 1. The fraction of sp³-hybridized carbons (Fsp3) is 0.273. The van der Waals surface area contributed by atoms with Crippen molar-refractivity contribution in [2.24, 2.45) is 0 Å². The summed E-state index contributed by atoms with van der Waals surface area (Å²) in [7, 11) is 0. The molecule has 1 saturated heterocycles. The number of halogens is 3. The number of benzene rings is 2. The average Bonchev–Trinajstić information content (AvgIpc) is 2.70. The van der Waals surface area contributed by atoms with Crippen molar-refractivity contribution in [3.05, 3.63) is 75.9 Å². The molecule has 7 heteroatoms. The van der Waals surface area contributed by atoms with Gasteiger partial charge in [0.15, 0.2) is 0 Å². The van der Waals surface area contributed by atoms with Crippen molar-refractivity contribution in [1.29, 1.82) is 0 Å². The average molecular weight is 416 g/mol. The molecule has 0 aliphatic carbocycles. The number of rotatable bonds is 3. The third-order valence-electron chi connectivity index (χ3n) is 5.30. The van der Waals surface area contributed by atoms with Crippen molar-refractivity contribution in [2.45, 2.75) is 13.5 Å². The number of pyridine rings is 1. The Morgan fingerprint density at radius 2 is 1.86 bits per heavy atom. The number of fused-ring (bicyclic) bond motifs is 1. The summed E-state index contributed by atoms with van der Waals surface area (Å²) in [4.78, 5) is 21.3. The number of nitrogens with zero attached hydrogens (tertiary/aromatic N) is 3. The van der Waals surface area contributed by atoms with Crippen LogP contribution in [0.15, 0.2) is 42.5 Å². The lowest BCUT2D eigenvalue weighted by Gasteiger charge is -2.35. The summed E-state index contributed by atoms with van der Waals surface area (Å²) in [6.45, 7) is 4.49. The van der Waals surface area contributed by atoms with Crippen LogP contribution < -0.4 is 0 Å². The highest BCUT2D eigenvalue weighted by molar-refractivity contribution is 6.31. The number of piperazine rings is 1. The van der Waals surface area contributed by atoms with Gasteiger partial charge in [-0.2, -0.15) is 0 Å². The van der Waals surface area contributed by atoms with E-state index in [0.717, 1.165) is 5.39 Å². The summed E-state index contributed by atoms with van der Waals surface area (Å²) in [6.07, 6.45) is 0. The molecule has 0 saturated carbocycles. The minimum atomic E-state index is -0.352. The van der Waals surface area contributed by atoms with Gasteiger partial charge in [0.05, 0.1) is 16.8 Å². The predicted molar refractivity (Wildman–Crippen MR) is 109 cm³/mol. The number of hydrogen-bond donors (Lipinski definition) is 0. The molecule has 1 aromatic heterocycles.